The summed E-state index contributed by atoms with van der Waals surface area (Å²) >= 11 is 0. The number of rotatable bonds is 6. The van der Waals surface area contributed by atoms with Gasteiger partial charge in [-0.25, -0.2) is 4.79 Å². The second-order valence-corrected chi connectivity index (χ2v) is 6.57. The van der Waals surface area contributed by atoms with E-state index in [4.69, 9.17) is 4.74 Å². The van der Waals surface area contributed by atoms with Crippen LogP contribution in [0.3, 0.4) is 0 Å². The Morgan fingerprint density at radius 3 is 2.62 bits per heavy atom. The standard InChI is InChI=1S/C18H24N4O2/c1-13(2)11-21-12-16(10-19-21)20-14(3)15-4-6-17(7-5-15)22-8-9-24-18(22)23/h4-7,10,12-14,20H,8-9,11H2,1-3H3/t14-/m0/s1. The molecule has 128 valence electrons. The highest BCUT2D eigenvalue weighted by atomic mass is 16.6. The van der Waals surface area contributed by atoms with Gasteiger partial charge in [0.2, 0.25) is 0 Å². The topological polar surface area (TPSA) is 59.4 Å². The lowest BCUT2D eigenvalue weighted by Gasteiger charge is -2.17. The van der Waals surface area contributed by atoms with E-state index in [1.807, 2.05) is 41.3 Å². The lowest BCUT2D eigenvalue weighted by atomic mass is 10.1. The molecule has 1 fully saturated rings. The molecule has 1 aromatic carbocycles. The van der Waals surface area contributed by atoms with Crippen LogP contribution < -0.4 is 10.2 Å². The molecule has 1 N–H and O–H groups in total. The molecule has 0 radical (unpaired) electrons. The van der Waals surface area contributed by atoms with E-state index in [1.165, 1.54) is 0 Å². The summed E-state index contributed by atoms with van der Waals surface area (Å²) in [5.41, 5.74) is 3.04. The van der Waals surface area contributed by atoms with Crippen molar-refractivity contribution in [2.75, 3.05) is 23.4 Å². The quantitative estimate of drug-likeness (QED) is 0.879. The van der Waals surface area contributed by atoms with Gasteiger partial charge in [0.1, 0.15) is 6.61 Å². The van der Waals surface area contributed by atoms with Gasteiger partial charge in [-0.05, 0) is 30.5 Å². The molecular weight excluding hydrogens is 304 g/mol. The number of carbonyl (C=O) groups is 1. The summed E-state index contributed by atoms with van der Waals surface area (Å²) in [6.45, 7) is 8.44. The van der Waals surface area contributed by atoms with Crippen LogP contribution in [0, 0.1) is 5.92 Å². The number of anilines is 2. The maximum absolute atomic E-state index is 11.6. The Labute approximate surface area is 142 Å². The van der Waals surface area contributed by atoms with E-state index >= 15 is 0 Å². The molecule has 2 aromatic rings. The fourth-order valence-electron chi connectivity index (χ4n) is 2.82. The Bertz CT molecular complexity index is 693. The predicted octanol–water partition coefficient (Wildman–Crippen LogP) is 3.67. The molecule has 1 aliphatic rings. The number of hydrogen-bond acceptors (Lipinski definition) is 4. The molecule has 1 aromatic heterocycles. The van der Waals surface area contributed by atoms with Crippen LogP contribution in [0.1, 0.15) is 32.4 Å². The fourth-order valence-corrected chi connectivity index (χ4v) is 2.82. The number of amides is 1. The Kier molecular flexibility index (Phi) is 4.74. The lowest BCUT2D eigenvalue weighted by Crippen LogP contribution is -2.23. The number of benzene rings is 1. The van der Waals surface area contributed by atoms with Crippen LogP contribution >= 0.6 is 0 Å². The smallest absolute Gasteiger partial charge is 0.414 e. The van der Waals surface area contributed by atoms with Crippen LogP contribution in [0.2, 0.25) is 0 Å². The van der Waals surface area contributed by atoms with Gasteiger partial charge in [-0.15, -0.1) is 0 Å². The molecule has 0 spiro atoms. The summed E-state index contributed by atoms with van der Waals surface area (Å²) in [4.78, 5) is 13.2. The van der Waals surface area contributed by atoms with Crippen molar-refractivity contribution >= 4 is 17.5 Å². The average molecular weight is 328 g/mol. The average Bonchev–Trinajstić information content (AvgIpc) is 3.16. The van der Waals surface area contributed by atoms with Gasteiger partial charge in [0.15, 0.2) is 0 Å². The molecule has 3 rings (SSSR count). The molecular formula is C18H24N4O2. The number of nitrogens with one attached hydrogen (secondary N) is 1. The highest BCUT2D eigenvalue weighted by molar-refractivity contribution is 5.89. The van der Waals surface area contributed by atoms with Crippen molar-refractivity contribution in [3.8, 4) is 0 Å². The largest absolute Gasteiger partial charge is 0.447 e. The highest BCUT2D eigenvalue weighted by Gasteiger charge is 2.23. The van der Waals surface area contributed by atoms with Crippen molar-refractivity contribution in [1.82, 2.24) is 9.78 Å². The first-order chi connectivity index (χ1) is 11.5. The number of aromatic nitrogens is 2. The molecule has 0 unspecified atom stereocenters. The van der Waals surface area contributed by atoms with E-state index in [1.54, 1.807) is 4.90 Å². The molecule has 0 saturated carbocycles. The third-order valence-electron chi connectivity index (χ3n) is 4.03. The first-order valence-electron chi connectivity index (χ1n) is 8.36. The van der Waals surface area contributed by atoms with E-state index in [-0.39, 0.29) is 12.1 Å². The molecule has 0 aliphatic carbocycles. The van der Waals surface area contributed by atoms with Gasteiger partial charge < -0.3 is 10.1 Å². The zero-order valence-corrected chi connectivity index (χ0v) is 14.4. The van der Waals surface area contributed by atoms with E-state index in [9.17, 15) is 4.79 Å². The zero-order valence-electron chi connectivity index (χ0n) is 14.4. The number of cyclic esters (lactones) is 1. The van der Waals surface area contributed by atoms with Crippen molar-refractivity contribution in [2.45, 2.75) is 33.4 Å². The summed E-state index contributed by atoms with van der Waals surface area (Å²) in [5.74, 6) is 0.569. The van der Waals surface area contributed by atoms with Gasteiger partial charge in [0, 0.05) is 24.5 Å². The van der Waals surface area contributed by atoms with E-state index in [0.29, 0.717) is 19.1 Å². The molecule has 24 heavy (non-hydrogen) atoms. The molecule has 1 amide bonds. The number of ether oxygens (including phenoxy) is 1. The van der Waals surface area contributed by atoms with Crippen molar-refractivity contribution in [3.63, 3.8) is 0 Å². The lowest BCUT2D eigenvalue weighted by molar-refractivity contribution is 0.181. The maximum atomic E-state index is 11.6. The molecule has 2 heterocycles. The minimum absolute atomic E-state index is 0.154. The normalized spacial score (nSPS) is 15.7. The highest BCUT2D eigenvalue weighted by Crippen LogP contribution is 2.24. The number of hydrogen-bond donors (Lipinski definition) is 1. The van der Waals surface area contributed by atoms with Crippen LogP contribution in [-0.4, -0.2) is 29.0 Å². The van der Waals surface area contributed by atoms with E-state index in [0.717, 1.165) is 23.5 Å². The van der Waals surface area contributed by atoms with E-state index < -0.39 is 0 Å². The summed E-state index contributed by atoms with van der Waals surface area (Å²) in [6.07, 6.45) is 3.62. The van der Waals surface area contributed by atoms with Crippen molar-refractivity contribution in [2.24, 2.45) is 5.92 Å². The number of nitrogens with zero attached hydrogens (tertiary/aromatic N) is 3. The monoisotopic (exact) mass is 328 g/mol. The second-order valence-electron chi connectivity index (χ2n) is 6.57. The minimum atomic E-state index is -0.272. The fraction of sp³-hybridized carbons (Fsp3) is 0.444. The summed E-state index contributed by atoms with van der Waals surface area (Å²) < 4.78 is 6.93. The van der Waals surface area contributed by atoms with Crippen LogP contribution in [0.25, 0.3) is 0 Å². The second kappa shape index (κ2) is 6.95. The molecule has 6 nitrogen and oxygen atoms in total. The molecule has 0 bridgehead atoms. The Morgan fingerprint density at radius 1 is 1.25 bits per heavy atom. The Hall–Kier alpha value is -2.50. The SMILES string of the molecule is CC(C)Cn1cc(N[C@@H](C)c2ccc(N3CCOC3=O)cc2)cn1. The number of carbonyl (C=O) groups excluding carboxylic acids is 1. The van der Waals surface area contributed by atoms with Gasteiger partial charge in [-0.2, -0.15) is 5.10 Å². The molecule has 1 saturated heterocycles. The van der Waals surface area contributed by atoms with Crippen molar-refractivity contribution in [3.05, 3.63) is 42.2 Å². The Balaban J connectivity index is 1.63. The van der Waals surface area contributed by atoms with Gasteiger partial charge in [-0.1, -0.05) is 26.0 Å². The third-order valence-corrected chi connectivity index (χ3v) is 4.03. The Morgan fingerprint density at radius 2 is 2.00 bits per heavy atom. The van der Waals surface area contributed by atoms with Crippen LogP contribution in [0.15, 0.2) is 36.7 Å². The van der Waals surface area contributed by atoms with Crippen molar-refractivity contribution < 1.29 is 9.53 Å². The molecule has 1 aliphatic heterocycles. The van der Waals surface area contributed by atoms with Gasteiger partial charge in [0.05, 0.1) is 18.4 Å². The molecule has 1 atom stereocenters. The van der Waals surface area contributed by atoms with Crippen LogP contribution in [0.4, 0.5) is 16.2 Å². The maximum Gasteiger partial charge on any atom is 0.414 e. The van der Waals surface area contributed by atoms with Crippen molar-refractivity contribution in [1.29, 1.82) is 0 Å². The van der Waals surface area contributed by atoms with Gasteiger partial charge in [-0.3, -0.25) is 9.58 Å². The minimum Gasteiger partial charge on any atom is -0.447 e. The van der Waals surface area contributed by atoms with Gasteiger partial charge in [0.25, 0.3) is 0 Å². The first kappa shape index (κ1) is 16.4. The summed E-state index contributed by atoms with van der Waals surface area (Å²) in [5, 5.41) is 7.83. The van der Waals surface area contributed by atoms with Gasteiger partial charge >= 0.3 is 6.09 Å². The molecule has 6 heteroatoms. The zero-order chi connectivity index (χ0) is 17.1. The van der Waals surface area contributed by atoms with Crippen LogP contribution in [0.5, 0.6) is 0 Å². The predicted molar refractivity (Wildman–Crippen MR) is 94.2 cm³/mol. The first-order valence-corrected chi connectivity index (χ1v) is 8.36. The third kappa shape index (κ3) is 3.69. The summed E-state index contributed by atoms with van der Waals surface area (Å²) in [7, 11) is 0. The van der Waals surface area contributed by atoms with Crippen LogP contribution in [-0.2, 0) is 11.3 Å². The summed E-state index contributed by atoms with van der Waals surface area (Å²) in [6, 6.07) is 8.15. The van der Waals surface area contributed by atoms with E-state index in [2.05, 4.69) is 31.2 Å².